The molecule has 0 saturated heterocycles. The quantitative estimate of drug-likeness (QED) is 0.575. The van der Waals surface area contributed by atoms with Crippen LogP contribution in [0.2, 0.25) is 0 Å². The van der Waals surface area contributed by atoms with E-state index in [1.807, 2.05) is 4.68 Å². The molecule has 6 nitrogen and oxygen atoms in total. The summed E-state index contributed by atoms with van der Waals surface area (Å²) in [6.45, 7) is 0. The van der Waals surface area contributed by atoms with Crippen molar-refractivity contribution in [3.8, 4) is 22.6 Å². The number of nitrogens with zero attached hydrogens (tertiary/aromatic N) is 4. The largest absolute Gasteiger partial charge is 0.478 e. The van der Waals surface area contributed by atoms with Gasteiger partial charge in [0.1, 0.15) is 11.5 Å². The summed E-state index contributed by atoms with van der Waals surface area (Å²) < 4.78 is 15.9. The summed E-state index contributed by atoms with van der Waals surface area (Å²) in [5, 5.41) is 14.7. The molecule has 2 aromatic carbocycles. The monoisotopic (exact) mass is 374 g/mol. The SMILES string of the molecule is O=C(O)c1ccc2c(c1)c(-c1ncc(-c3ccccc3F)cn1)nn2C1CC1. The van der Waals surface area contributed by atoms with E-state index in [0.29, 0.717) is 34.1 Å². The molecule has 1 aliphatic rings. The minimum absolute atomic E-state index is 0.187. The molecule has 0 bridgehead atoms. The van der Waals surface area contributed by atoms with Crippen molar-refractivity contribution >= 4 is 16.9 Å². The van der Waals surface area contributed by atoms with Gasteiger partial charge in [-0.15, -0.1) is 0 Å². The Labute approximate surface area is 159 Å². The van der Waals surface area contributed by atoms with Crippen LogP contribution in [0.25, 0.3) is 33.5 Å². The highest BCUT2D eigenvalue weighted by atomic mass is 19.1. The van der Waals surface area contributed by atoms with E-state index in [0.717, 1.165) is 18.4 Å². The summed E-state index contributed by atoms with van der Waals surface area (Å²) in [4.78, 5) is 20.2. The fourth-order valence-corrected chi connectivity index (χ4v) is 3.32. The number of halogens is 1. The maximum atomic E-state index is 14.0. The third-order valence-corrected chi connectivity index (χ3v) is 4.89. The summed E-state index contributed by atoms with van der Waals surface area (Å²) in [6, 6.07) is 11.7. The van der Waals surface area contributed by atoms with Crippen LogP contribution in [0, 0.1) is 5.82 Å². The van der Waals surface area contributed by atoms with Gasteiger partial charge in [0.05, 0.1) is 17.1 Å². The molecule has 1 fully saturated rings. The van der Waals surface area contributed by atoms with Crippen molar-refractivity contribution < 1.29 is 14.3 Å². The molecule has 1 aliphatic carbocycles. The molecule has 7 heteroatoms. The molecule has 0 spiro atoms. The first kappa shape index (κ1) is 16.6. The number of hydrogen-bond donors (Lipinski definition) is 1. The molecular weight excluding hydrogens is 359 g/mol. The van der Waals surface area contributed by atoms with Gasteiger partial charge in [-0.25, -0.2) is 19.2 Å². The lowest BCUT2D eigenvalue weighted by atomic mass is 10.1. The van der Waals surface area contributed by atoms with Gasteiger partial charge in [-0.3, -0.25) is 4.68 Å². The smallest absolute Gasteiger partial charge is 0.335 e. The second-order valence-corrected chi connectivity index (χ2v) is 6.84. The average molecular weight is 374 g/mol. The van der Waals surface area contributed by atoms with Crippen LogP contribution in [0.5, 0.6) is 0 Å². The molecule has 0 amide bonds. The lowest BCUT2D eigenvalue weighted by Crippen LogP contribution is -1.97. The Bertz CT molecular complexity index is 1210. The third-order valence-electron chi connectivity index (χ3n) is 4.89. The molecule has 138 valence electrons. The second kappa shape index (κ2) is 6.23. The van der Waals surface area contributed by atoms with E-state index in [9.17, 15) is 14.3 Å². The van der Waals surface area contributed by atoms with Gasteiger partial charge < -0.3 is 5.11 Å². The molecule has 0 unspecified atom stereocenters. The number of carbonyl (C=O) groups is 1. The zero-order valence-electron chi connectivity index (χ0n) is 14.7. The molecule has 28 heavy (non-hydrogen) atoms. The zero-order valence-corrected chi connectivity index (χ0v) is 14.7. The van der Waals surface area contributed by atoms with E-state index in [-0.39, 0.29) is 11.4 Å². The lowest BCUT2D eigenvalue weighted by Gasteiger charge is -2.03. The Morgan fingerprint density at radius 3 is 2.54 bits per heavy atom. The number of benzene rings is 2. The van der Waals surface area contributed by atoms with Crippen molar-refractivity contribution in [2.45, 2.75) is 18.9 Å². The molecule has 2 heterocycles. The number of carboxylic acids is 1. The maximum absolute atomic E-state index is 14.0. The highest BCUT2D eigenvalue weighted by molar-refractivity contribution is 5.98. The van der Waals surface area contributed by atoms with Crippen molar-refractivity contribution in [2.75, 3.05) is 0 Å². The number of fused-ring (bicyclic) bond motifs is 1. The maximum Gasteiger partial charge on any atom is 0.335 e. The van der Waals surface area contributed by atoms with Gasteiger partial charge in [-0.2, -0.15) is 5.10 Å². The topological polar surface area (TPSA) is 80.9 Å². The molecular formula is C21H15FN4O2. The third kappa shape index (κ3) is 2.72. The van der Waals surface area contributed by atoms with Crippen LogP contribution >= 0.6 is 0 Å². The molecule has 1 saturated carbocycles. The van der Waals surface area contributed by atoms with Crippen LogP contribution in [0.3, 0.4) is 0 Å². The van der Waals surface area contributed by atoms with E-state index in [2.05, 4.69) is 15.1 Å². The summed E-state index contributed by atoms with van der Waals surface area (Å²) in [6.07, 6.45) is 5.21. The van der Waals surface area contributed by atoms with Crippen LogP contribution in [0.15, 0.2) is 54.9 Å². The molecule has 0 aliphatic heterocycles. The molecule has 2 aromatic heterocycles. The Kier molecular flexibility index (Phi) is 3.68. The van der Waals surface area contributed by atoms with Crippen molar-refractivity contribution in [1.82, 2.24) is 19.7 Å². The zero-order chi connectivity index (χ0) is 19.3. The van der Waals surface area contributed by atoms with Gasteiger partial charge >= 0.3 is 5.97 Å². The van der Waals surface area contributed by atoms with Crippen LogP contribution in [-0.2, 0) is 0 Å². The van der Waals surface area contributed by atoms with E-state index in [1.54, 1.807) is 48.8 Å². The minimum atomic E-state index is -0.997. The Morgan fingerprint density at radius 2 is 1.86 bits per heavy atom. The van der Waals surface area contributed by atoms with Gasteiger partial charge in [-0.05, 0) is 37.1 Å². The minimum Gasteiger partial charge on any atom is -0.478 e. The van der Waals surface area contributed by atoms with E-state index < -0.39 is 5.97 Å². The number of aromatic carboxylic acids is 1. The number of rotatable bonds is 4. The number of aromatic nitrogens is 4. The molecule has 5 rings (SSSR count). The summed E-state index contributed by atoms with van der Waals surface area (Å²) in [5.41, 5.74) is 2.58. The molecule has 4 aromatic rings. The summed E-state index contributed by atoms with van der Waals surface area (Å²) in [5.74, 6) is -0.955. The fourth-order valence-electron chi connectivity index (χ4n) is 3.32. The van der Waals surface area contributed by atoms with Crippen LogP contribution in [0.1, 0.15) is 29.2 Å². The lowest BCUT2D eigenvalue weighted by molar-refractivity contribution is 0.0697. The molecule has 1 N–H and O–H groups in total. The number of hydrogen-bond acceptors (Lipinski definition) is 4. The molecule has 0 atom stereocenters. The standard InChI is InChI=1S/C21H15FN4O2/c22-17-4-2-1-3-15(17)13-10-23-20(24-11-13)19-16-9-12(21(27)28)5-8-18(16)26(25-19)14-6-7-14/h1-5,8-11,14H,6-7H2,(H,27,28). The Hall–Kier alpha value is -3.61. The normalized spacial score (nSPS) is 13.8. The van der Waals surface area contributed by atoms with Crippen LogP contribution in [0.4, 0.5) is 4.39 Å². The Morgan fingerprint density at radius 1 is 1.11 bits per heavy atom. The van der Waals surface area contributed by atoms with Crippen molar-refractivity contribution in [3.63, 3.8) is 0 Å². The molecule has 0 radical (unpaired) electrons. The number of carboxylic acid groups (broad SMARTS) is 1. The van der Waals surface area contributed by atoms with Gasteiger partial charge in [0.15, 0.2) is 5.82 Å². The fraction of sp³-hybridized carbons (Fsp3) is 0.143. The highest BCUT2D eigenvalue weighted by Crippen LogP contribution is 2.39. The van der Waals surface area contributed by atoms with Crippen LogP contribution < -0.4 is 0 Å². The first-order chi connectivity index (χ1) is 13.6. The highest BCUT2D eigenvalue weighted by Gasteiger charge is 2.28. The predicted molar refractivity (Wildman–Crippen MR) is 101 cm³/mol. The average Bonchev–Trinajstić information content (AvgIpc) is 3.49. The van der Waals surface area contributed by atoms with Crippen LogP contribution in [-0.4, -0.2) is 30.8 Å². The summed E-state index contributed by atoms with van der Waals surface area (Å²) >= 11 is 0. The van der Waals surface area contributed by atoms with Gasteiger partial charge in [0, 0.05) is 28.9 Å². The van der Waals surface area contributed by atoms with E-state index >= 15 is 0 Å². The first-order valence-corrected chi connectivity index (χ1v) is 8.94. The second-order valence-electron chi connectivity index (χ2n) is 6.84. The van der Waals surface area contributed by atoms with Crippen molar-refractivity contribution in [2.24, 2.45) is 0 Å². The van der Waals surface area contributed by atoms with Gasteiger partial charge in [0.2, 0.25) is 0 Å². The first-order valence-electron chi connectivity index (χ1n) is 8.94. The predicted octanol–water partition coefficient (Wildman–Crippen LogP) is 4.33. The Balaban J connectivity index is 1.63. The van der Waals surface area contributed by atoms with Gasteiger partial charge in [0.25, 0.3) is 0 Å². The van der Waals surface area contributed by atoms with E-state index in [1.165, 1.54) is 6.07 Å². The van der Waals surface area contributed by atoms with Crippen molar-refractivity contribution in [3.05, 3.63) is 66.2 Å². The van der Waals surface area contributed by atoms with Gasteiger partial charge in [-0.1, -0.05) is 18.2 Å². The van der Waals surface area contributed by atoms with Crippen molar-refractivity contribution in [1.29, 1.82) is 0 Å². The summed E-state index contributed by atoms with van der Waals surface area (Å²) in [7, 11) is 0. The van der Waals surface area contributed by atoms with E-state index in [4.69, 9.17) is 0 Å².